The summed E-state index contributed by atoms with van der Waals surface area (Å²) in [4.78, 5) is 17.1. The predicted molar refractivity (Wildman–Crippen MR) is 118 cm³/mol. The Hall–Kier alpha value is -2.32. The maximum atomic E-state index is 12.6. The normalized spacial score (nSPS) is 22.1. The first kappa shape index (κ1) is 20.0. The third-order valence-corrected chi connectivity index (χ3v) is 8.27. The molecule has 0 radical (unpaired) electrons. The van der Waals surface area contributed by atoms with Crippen molar-refractivity contribution >= 4 is 38.4 Å². The molecular formula is C21H23N3O3S2. The van der Waals surface area contributed by atoms with Crippen LogP contribution in [0.3, 0.4) is 0 Å². The molecule has 0 bridgehead atoms. The second kappa shape index (κ2) is 7.84. The molecule has 2 aromatic carbocycles. The number of amidine groups is 1. The summed E-state index contributed by atoms with van der Waals surface area (Å²) in [5.74, 6) is 0.158. The molecule has 2 aliphatic rings. The number of nitrogens with one attached hydrogen (secondary N) is 2. The van der Waals surface area contributed by atoms with Crippen molar-refractivity contribution in [2.24, 2.45) is 4.99 Å². The van der Waals surface area contributed by atoms with Crippen molar-refractivity contribution < 1.29 is 13.2 Å². The first-order chi connectivity index (χ1) is 13.8. The van der Waals surface area contributed by atoms with Gasteiger partial charge in [-0.05, 0) is 37.1 Å². The summed E-state index contributed by atoms with van der Waals surface area (Å²) < 4.78 is 23.4. The Morgan fingerprint density at radius 3 is 2.62 bits per heavy atom. The van der Waals surface area contributed by atoms with E-state index in [-0.39, 0.29) is 28.7 Å². The van der Waals surface area contributed by atoms with Crippen LogP contribution < -0.4 is 10.6 Å². The van der Waals surface area contributed by atoms with Crippen LogP contribution in [0, 0.1) is 13.8 Å². The van der Waals surface area contributed by atoms with Gasteiger partial charge in [0.25, 0.3) is 5.91 Å². The molecule has 0 aliphatic carbocycles. The van der Waals surface area contributed by atoms with E-state index in [1.165, 1.54) is 17.3 Å². The van der Waals surface area contributed by atoms with Gasteiger partial charge in [0.2, 0.25) is 0 Å². The number of anilines is 1. The number of fused-ring (bicyclic) bond motifs is 1. The van der Waals surface area contributed by atoms with Crippen LogP contribution in [0.2, 0.25) is 0 Å². The highest BCUT2D eigenvalue weighted by Gasteiger charge is 2.42. The largest absolute Gasteiger partial charge is 0.348 e. The third kappa shape index (κ3) is 4.64. The van der Waals surface area contributed by atoms with Crippen molar-refractivity contribution in [1.29, 1.82) is 0 Å². The monoisotopic (exact) mass is 429 g/mol. The third-order valence-electron chi connectivity index (χ3n) is 5.13. The summed E-state index contributed by atoms with van der Waals surface area (Å²) >= 11 is 1.47. The predicted octanol–water partition coefficient (Wildman–Crippen LogP) is 2.91. The number of hydrogen-bond donors (Lipinski definition) is 2. The topological polar surface area (TPSA) is 87.6 Å². The number of carbonyl (C=O) groups excluding carboxylic acids is 1. The van der Waals surface area contributed by atoms with Crippen LogP contribution in [0.4, 0.5) is 5.69 Å². The van der Waals surface area contributed by atoms with Gasteiger partial charge in [0.1, 0.15) is 0 Å². The van der Waals surface area contributed by atoms with Gasteiger partial charge in [0.05, 0.1) is 17.5 Å². The molecule has 1 fully saturated rings. The van der Waals surface area contributed by atoms with E-state index in [1.807, 2.05) is 50.2 Å². The number of nitrogens with zero attached hydrogens (tertiary/aromatic N) is 1. The zero-order valence-corrected chi connectivity index (χ0v) is 17.9. The second-order valence-electron chi connectivity index (χ2n) is 7.56. The molecule has 2 N–H and O–H groups in total. The van der Waals surface area contributed by atoms with Crippen LogP contribution in [-0.2, 0) is 16.4 Å². The lowest BCUT2D eigenvalue weighted by Gasteiger charge is -2.12. The Morgan fingerprint density at radius 2 is 1.90 bits per heavy atom. The zero-order valence-electron chi connectivity index (χ0n) is 16.3. The van der Waals surface area contributed by atoms with E-state index >= 15 is 0 Å². The molecule has 0 aromatic heterocycles. The van der Waals surface area contributed by atoms with Gasteiger partial charge in [0, 0.05) is 23.0 Å². The van der Waals surface area contributed by atoms with Crippen molar-refractivity contribution in [2.45, 2.75) is 31.7 Å². The van der Waals surface area contributed by atoms with Crippen molar-refractivity contribution in [1.82, 2.24) is 5.32 Å². The fraction of sp³-hybridized carbons (Fsp3) is 0.333. The fourth-order valence-corrected chi connectivity index (χ4v) is 7.09. The summed E-state index contributed by atoms with van der Waals surface area (Å²) in [6, 6.07) is 13.4. The Kier molecular flexibility index (Phi) is 5.40. The number of hydrogen-bond acceptors (Lipinski definition) is 6. The Morgan fingerprint density at radius 1 is 1.14 bits per heavy atom. The number of sulfone groups is 1. The number of carbonyl (C=O) groups is 1. The number of rotatable bonds is 4. The molecule has 1 saturated heterocycles. The molecule has 0 unspecified atom stereocenters. The van der Waals surface area contributed by atoms with Gasteiger partial charge in [-0.3, -0.25) is 9.79 Å². The second-order valence-corrected chi connectivity index (χ2v) is 10.9. The molecule has 152 valence electrons. The van der Waals surface area contributed by atoms with E-state index in [1.54, 1.807) is 6.07 Å². The SMILES string of the molecule is Cc1ccc(CNC(=O)c2ccc(C)c(NC3=N[C@H]4CS(=O)(=O)C[C@@H]4S3)c2)cc1. The maximum Gasteiger partial charge on any atom is 0.251 e. The molecule has 0 spiro atoms. The van der Waals surface area contributed by atoms with E-state index in [0.29, 0.717) is 12.1 Å². The zero-order chi connectivity index (χ0) is 20.6. The smallest absolute Gasteiger partial charge is 0.251 e. The van der Waals surface area contributed by atoms with E-state index in [0.717, 1.165) is 22.0 Å². The lowest BCUT2D eigenvalue weighted by Crippen LogP contribution is -2.23. The molecule has 2 aromatic rings. The van der Waals surface area contributed by atoms with Gasteiger partial charge in [0.15, 0.2) is 15.0 Å². The minimum Gasteiger partial charge on any atom is -0.348 e. The average Bonchev–Trinajstić information content (AvgIpc) is 3.15. The summed E-state index contributed by atoms with van der Waals surface area (Å²) in [6.45, 7) is 4.46. The van der Waals surface area contributed by atoms with Gasteiger partial charge >= 0.3 is 0 Å². The quantitative estimate of drug-likeness (QED) is 0.780. The number of aryl methyl sites for hydroxylation is 2. The lowest BCUT2D eigenvalue weighted by atomic mass is 10.1. The molecule has 4 rings (SSSR count). The molecule has 0 saturated carbocycles. The summed E-state index contributed by atoms with van der Waals surface area (Å²) in [5.41, 5.74) is 4.60. The molecule has 2 atom stereocenters. The number of amides is 1. The molecule has 1 amide bonds. The Bertz CT molecular complexity index is 1080. The lowest BCUT2D eigenvalue weighted by molar-refractivity contribution is 0.0951. The van der Waals surface area contributed by atoms with E-state index < -0.39 is 9.84 Å². The van der Waals surface area contributed by atoms with Gasteiger partial charge < -0.3 is 10.6 Å². The summed E-state index contributed by atoms with van der Waals surface area (Å²) in [6.07, 6.45) is 0. The average molecular weight is 430 g/mol. The number of aliphatic imine (C=N–C) groups is 1. The summed E-state index contributed by atoms with van der Waals surface area (Å²) in [7, 11) is -2.97. The van der Waals surface area contributed by atoms with Crippen molar-refractivity contribution in [2.75, 3.05) is 16.8 Å². The minimum atomic E-state index is -2.97. The minimum absolute atomic E-state index is 0.0104. The van der Waals surface area contributed by atoms with Gasteiger partial charge in [-0.25, -0.2) is 8.42 Å². The van der Waals surface area contributed by atoms with Crippen molar-refractivity contribution in [3.63, 3.8) is 0 Å². The molecular weight excluding hydrogens is 406 g/mol. The van der Waals surface area contributed by atoms with Gasteiger partial charge in [-0.2, -0.15) is 0 Å². The fourth-order valence-electron chi connectivity index (χ4n) is 3.42. The van der Waals surface area contributed by atoms with Crippen LogP contribution in [0.25, 0.3) is 0 Å². The van der Waals surface area contributed by atoms with Crippen LogP contribution >= 0.6 is 11.8 Å². The van der Waals surface area contributed by atoms with E-state index in [4.69, 9.17) is 0 Å². The Labute approximate surface area is 175 Å². The first-order valence-corrected chi connectivity index (χ1v) is 12.2. The highest BCUT2D eigenvalue weighted by atomic mass is 32.2. The van der Waals surface area contributed by atoms with E-state index in [9.17, 15) is 13.2 Å². The Balaban J connectivity index is 1.42. The standard InChI is InChI=1S/C21H23N3O3S2/c1-13-3-6-15(7-4-13)10-22-20(25)16-8-5-14(2)17(9-16)23-21-24-18-11-29(26,27)12-19(18)28-21/h3-9,18-19H,10-12H2,1-2H3,(H,22,25)(H,23,24)/t18-,19-/m0/s1. The van der Waals surface area contributed by atoms with Crippen LogP contribution in [0.5, 0.6) is 0 Å². The van der Waals surface area contributed by atoms with E-state index in [2.05, 4.69) is 15.6 Å². The molecule has 29 heavy (non-hydrogen) atoms. The summed E-state index contributed by atoms with van der Waals surface area (Å²) in [5, 5.41) is 6.93. The van der Waals surface area contributed by atoms with Crippen molar-refractivity contribution in [3.05, 3.63) is 64.7 Å². The van der Waals surface area contributed by atoms with Crippen LogP contribution in [0.15, 0.2) is 47.5 Å². The van der Waals surface area contributed by atoms with Crippen LogP contribution in [-0.4, -0.2) is 42.3 Å². The number of thioether (sulfide) groups is 1. The van der Waals surface area contributed by atoms with Crippen molar-refractivity contribution in [3.8, 4) is 0 Å². The number of benzene rings is 2. The first-order valence-electron chi connectivity index (χ1n) is 9.45. The highest BCUT2D eigenvalue weighted by molar-refractivity contribution is 8.15. The molecule has 8 heteroatoms. The molecule has 6 nitrogen and oxygen atoms in total. The van der Waals surface area contributed by atoms with Gasteiger partial charge in [-0.15, -0.1) is 0 Å². The molecule has 2 heterocycles. The maximum absolute atomic E-state index is 12.6. The van der Waals surface area contributed by atoms with Gasteiger partial charge in [-0.1, -0.05) is 47.7 Å². The van der Waals surface area contributed by atoms with Crippen LogP contribution in [0.1, 0.15) is 27.0 Å². The highest BCUT2D eigenvalue weighted by Crippen LogP contribution is 2.35. The molecule has 2 aliphatic heterocycles.